The van der Waals surface area contributed by atoms with Gasteiger partial charge in [-0.2, -0.15) is 4.31 Å². The van der Waals surface area contributed by atoms with Gasteiger partial charge in [0.25, 0.3) is 5.91 Å². The van der Waals surface area contributed by atoms with Crippen molar-refractivity contribution in [1.82, 2.24) is 9.62 Å². The van der Waals surface area contributed by atoms with Crippen molar-refractivity contribution in [3.63, 3.8) is 0 Å². The first kappa shape index (κ1) is 18.6. The van der Waals surface area contributed by atoms with E-state index in [1.165, 1.54) is 16.4 Å². The van der Waals surface area contributed by atoms with Gasteiger partial charge in [-0.1, -0.05) is 6.07 Å². The van der Waals surface area contributed by atoms with Crippen LogP contribution in [-0.4, -0.2) is 44.9 Å². The SMILES string of the molecule is Cc1ccc(S(=O)(=O)N2CCOCC2)cc1C(=O)N[C@@H](C)c1ccco1. The molecule has 8 heteroatoms. The number of aryl methyl sites for hydroxylation is 1. The number of carbonyl (C=O) groups excluding carboxylic acids is 1. The summed E-state index contributed by atoms with van der Waals surface area (Å²) in [5, 5.41) is 2.84. The van der Waals surface area contributed by atoms with Crippen molar-refractivity contribution in [1.29, 1.82) is 0 Å². The molecule has 1 fully saturated rings. The number of hydrogen-bond acceptors (Lipinski definition) is 5. The van der Waals surface area contributed by atoms with E-state index < -0.39 is 10.0 Å². The molecule has 1 aliphatic heterocycles. The second kappa shape index (κ2) is 7.61. The van der Waals surface area contributed by atoms with E-state index in [9.17, 15) is 13.2 Å². The summed E-state index contributed by atoms with van der Waals surface area (Å²) in [7, 11) is -3.65. The highest BCUT2D eigenvalue weighted by molar-refractivity contribution is 7.89. The Balaban J connectivity index is 1.84. The Morgan fingerprint density at radius 3 is 2.62 bits per heavy atom. The Morgan fingerprint density at radius 2 is 1.96 bits per heavy atom. The van der Waals surface area contributed by atoms with E-state index in [2.05, 4.69) is 5.32 Å². The van der Waals surface area contributed by atoms with Crippen molar-refractivity contribution >= 4 is 15.9 Å². The molecule has 1 aromatic heterocycles. The number of amides is 1. The Bertz CT molecular complexity index is 871. The van der Waals surface area contributed by atoms with Crippen molar-refractivity contribution in [3.8, 4) is 0 Å². The van der Waals surface area contributed by atoms with Crippen LogP contribution in [0.1, 0.15) is 34.6 Å². The second-order valence-electron chi connectivity index (χ2n) is 6.20. The van der Waals surface area contributed by atoms with Gasteiger partial charge in [0, 0.05) is 18.7 Å². The number of benzene rings is 1. The largest absolute Gasteiger partial charge is 0.467 e. The molecule has 1 aromatic carbocycles. The summed E-state index contributed by atoms with van der Waals surface area (Å²) in [5.41, 5.74) is 1.04. The number of nitrogens with zero attached hydrogens (tertiary/aromatic N) is 1. The van der Waals surface area contributed by atoms with Gasteiger partial charge in [0.1, 0.15) is 5.76 Å². The van der Waals surface area contributed by atoms with Crippen LogP contribution in [0.4, 0.5) is 0 Å². The van der Waals surface area contributed by atoms with Crippen LogP contribution in [0.15, 0.2) is 45.9 Å². The standard InChI is InChI=1S/C18H22N2O5S/c1-13-5-6-15(26(22,23)20-7-10-24-11-8-20)12-16(13)18(21)19-14(2)17-4-3-9-25-17/h3-6,9,12,14H,7-8,10-11H2,1-2H3,(H,19,21)/t14-/m0/s1. The molecule has 1 atom stereocenters. The van der Waals surface area contributed by atoms with Crippen LogP contribution in [-0.2, 0) is 14.8 Å². The molecule has 2 heterocycles. The van der Waals surface area contributed by atoms with Crippen molar-refractivity contribution in [2.75, 3.05) is 26.3 Å². The van der Waals surface area contributed by atoms with Crippen LogP contribution < -0.4 is 5.32 Å². The zero-order valence-electron chi connectivity index (χ0n) is 14.8. The minimum atomic E-state index is -3.65. The maximum absolute atomic E-state index is 12.8. The number of sulfonamides is 1. The molecule has 2 aromatic rings. The summed E-state index contributed by atoms with van der Waals surface area (Å²) in [5.74, 6) is 0.290. The van der Waals surface area contributed by atoms with E-state index >= 15 is 0 Å². The predicted molar refractivity (Wildman–Crippen MR) is 95.3 cm³/mol. The summed E-state index contributed by atoms with van der Waals surface area (Å²) in [6.45, 7) is 4.96. The number of nitrogens with one attached hydrogen (secondary N) is 1. The van der Waals surface area contributed by atoms with Crippen LogP contribution in [0.3, 0.4) is 0 Å². The van der Waals surface area contributed by atoms with Crippen LogP contribution >= 0.6 is 0 Å². The van der Waals surface area contributed by atoms with Gasteiger partial charge in [-0.25, -0.2) is 8.42 Å². The van der Waals surface area contributed by atoms with Gasteiger partial charge < -0.3 is 14.5 Å². The molecule has 140 valence electrons. The summed E-state index contributed by atoms with van der Waals surface area (Å²) in [6.07, 6.45) is 1.54. The van der Waals surface area contributed by atoms with E-state index in [1.54, 1.807) is 38.3 Å². The fraction of sp³-hybridized carbons (Fsp3) is 0.389. The van der Waals surface area contributed by atoms with Gasteiger partial charge in [-0.15, -0.1) is 0 Å². The molecule has 7 nitrogen and oxygen atoms in total. The maximum Gasteiger partial charge on any atom is 0.252 e. The Labute approximate surface area is 153 Å². The number of ether oxygens (including phenoxy) is 1. The highest BCUT2D eigenvalue weighted by atomic mass is 32.2. The molecule has 1 aliphatic rings. The van der Waals surface area contributed by atoms with E-state index in [1.807, 2.05) is 0 Å². The van der Waals surface area contributed by atoms with Crippen molar-refractivity contribution < 1.29 is 22.4 Å². The number of furan rings is 1. The minimum Gasteiger partial charge on any atom is -0.467 e. The molecule has 1 amide bonds. The average molecular weight is 378 g/mol. The van der Waals surface area contributed by atoms with Crippen LogP contribution in [0, 0.1) is 6.92 Å². The summed E-state index contributed by atoms with van der Waals surface area (Å²) in [4.78, 5) is 12.8. The van der Waals surface area contributed by atoms with E-state index in [0.29, 0.717) is 43.2 Å². The third-order valence-corrected chi connectivity index (χ3v) is 6.27. The fourth-order valence-corrected chi connectivity index (χ4v) is 4.26. The summed E-state index contributed by atoms with van der Waals surface area (Å²) in [6, 6.07) is 7.82. The monoisotopic (exact) mass is 378 g/mol. The smallest absolute Gasteiger partial charge is 0.252 e. The quantitative estimate of drug-likeness (QED) is 0.861. The third-order valence-electron chi connectivity index (χ3n) is 4.38. The normalized spacial score (nSPS) is 17.0. The van der Waals surface area contributed by atoms with Gasteiger partial charge in [0.2, 0.25) is 10.0 Å². The third kappa shape index (κ3) is 3.82. The first-order chi connectivity index (χ1) is 12.4. The molecule has 0 aliphatic carbocycles. The van der Waals surface area contributed by atoms with Gasteiger partial charge in [-0.3, -0.25) is 4.79 Å². The van der Waals surface area contributed by atoms with E-state index in [-0.39, 0.29) is 16.8 Å². The molecule has 26 heavy (non-hydrogen) atoms. The molecule has 0 radical (unpaired) electrons. The minimum absolute atomic E-state index is 0.112. The Kier molecular flexibility index (Phi) is 5.45. The molecular weight excluding hydrogens is 356 g/mol. The summed E-state index contributed by atoms with van der Waals surface area (Å²) < 4.78 is 37.5. The molecule has 1 saturated heterocycles. The van der Waals surface area contributed by atoms with Gasteiger partial charge in [-0.05, 0) is 43.7 Å². The van der Waals surface area contributed by atoms with Gasteiger partial charge in [0.15, 0.2) is 0 Å². The first-order valence-electron chi connectivity index (χ1n) is 8.42. The molecule has 0 spiro atoms. The molecule has 3 rings (SSSR count). The Hall–Kier alpha value is -2.16. The lowest BCUT2D eigenvalue weighted by Gasteiger charge is -2.26. The topological polar surface area (TPSA) is 88.8 Å². The number of carbonyl (C=O) groups is 1. The van der Waals surface area contributed by atoms with Gasteiger partial charge in [0.05, 0.1) is 30.4 Å². The first-order valence-corrected chi connectivity index (χ1v) is 9.86. The van der Waals surface area contributed by atoms with Crippen LogP contribution in [0.25, 0.3) is 0 Å². The Morgan fingerprint density at radius 1 is 1.23 bits per heavy atom. The predicted octanol–water partition coefficient (Wildman–Crippen LogP) is 2.10. The highest BCUT2D eigenvalue weighted by Crippen LogP contribution is 2.21. The molecule has 0 unspecified atom stereocenters. The lowest BCUT2D eigenvalue weighted by Crippen LogP contribution is -2.40. The number of morpholine rings is 1. The zero-order chi connectivity index (χ0) is 18.7. The molecule has 0 saturated carbocycles. The molecular formula is C18H22N2O5S. The lowest BCUT2D eigenvalue weighted by molar-refractivity contribution is 0.0730. The zero-order valence-corrected chi connectivity index (χ0v) is 15.6. The van der Waals surface area contributed by atoms with Crippen molar-refractivity contribution in [2.45, 2.75) is 24.8 Å². The molecule has 0 bridgehead atoms. The van der Waals surface area contributed by atoms with Crippen LogP contribution in [0.5, 0.6) is 0 Å². The number of hydrogen-bond donors (Lipinski definition) is 1. The van der Waals surface area contributed by atoms with Crippen molar-refractivity contribution in [3.05, 3.63) is 53.5 Å². The average Bonchev–Trinajstić information content (AvgIpc) is 3.17. The highest BCUT2D eigenvalue weighted by Gasteiger charge is 2.27. The van der Waals surface area contributed by atoms with E-state index in [0.717, 1.165) is 0 Å². The summed E-state index contributed by atoms with van der Waals surface area (Å²) >= 11 is 0. The van der Waals surface area contributed by atoms with E-state index in [4.69, 9.17) is 9.15 Å². The van der Waals surface area contributed by atoms with Gasteiger partial charge >= 0.3 is 0 Å². The van der Waals surface area contributed by atoms with Crippen LogP contribution in [0.2, 0.25) is 0 Å². The second-order valence-corrected chi connectivity index (χ2v) is 8.14. The fourth-order valence-electron chi connectivity index (χ4n) is 2.83. The maximum atomic E-state index is 12.8. The number of rotatable bonds is 5. The molecule has 1 N–H and O–H groups in total. The van der Waals surface area contributed by atoms with Crippen molar-refractivity contribution in [2.24, 2.45) is 0 Å². The lowest BCUT2D eigenvalue weighted by atomic mass is 10.1.